The third-order valence-corrected chi connectivity index (χ3v) is 5.92. The summed E-state index contributed by atoms with van der Waals surface area (Å²) in [6.07, 6.45) is 5.38. The minimum atomic E-state index is -0.846. The van der Waals surface area contributed by atoms with Gasteiger partial charge in [0.25, 0.3) is 0 Å². The van der Waals surface area contributed by atoms with Crippen LogP contribution in [0.3, 0.4) is 0 Å². The molecule has 2 aliphatic rings. The molecule has 26 heavy (non-hydrogen) atoms. The quantitative estimate of drug-likeness (QED) is 0.706. The molecule has 1 aliphatic heterocycles. The monoisotopic (exact) mass is 347 g/mol. The highest BCUT2D eigenvalue weighted by molar-refractivity contribution is 5.93. The maximum Gasteiger partial charge on any atom is 0.336 e. The SMILES string of the molecule is Cc1ccc(C(=O)O)c2c1N[C@H](c1ccc(C(C)C)cc1)[C@@H]1CC=C[C@@H]21. The summed E-state index contributed by atoms with van der Waals surface area (Å²) < 4.78 is 0. The van der Waals surface area contributed by atoms with Crippen LogP contribution in [-0.2, 0) is 0 Å². The Morgan fingerprint density at radius 1 is 1.15 bits per heavy atom. The number of carbonyl (C=O) groups is 1. The number of aryl methyl sites for hydroxylation is 1. The Morgan fingerprint density at radius 3 is 2.54 bits per heavy atom. The highest BCUT2D eigenvalue weighted by Gasteiger charge is 2.40. The second-order valence-corrected chi connectivity index (χ2v) is 7.82. The van der Waals surface area contributed by atoms with Crippen LogP contribution in [0.4, 0.5) is 5.69 Å². The Kier molecular flexibility index (Phi) is 4.10. The summed E-state index contributed by atoms with van der Waals surface area (Å²) >= 11 is 0. The van der Waals surface area contributed by atoms with E-state index in [0.29, 0.717) is 17.4 Å². The number of allylic oxidation sites excluding steroid dienone is 2. The van der Waals surface area contributed by atoms with Gasteiger partial charge >= 0.3 is 5.97 Å². The number of hydrogen-bond acceptors (Lipinski definition) is 2. The molecule has 0 spiro atoms. The number of anilines is 1. The van der Waals surface area contributed by atoms with E-state index in [1.54, 1.807) is 6.07 Å². The number of benzene rings is 2. The zero-order valence-corrected chi connectivity index (χ0v) is 15.5. The molecular formula is C23H25NO2. The highest BCUT2D eigenvalue weighted by atomic mass is 16.4. The summed E-state index contributed by atoms with van der Waals surface area (Å²) in [7, 11) is 0. The Hall–Kier alpha value is -2.55. The van der Waals surface area contributed by atoms with Crippen molar-refractivity contribution in [1.29, 1.82) is 0 Å². The topological polar surface area (TPSA) is 49.3 Å². The van der Waals surface area contributed by atoms with Crippen molar-refractivity contribution in [3.05, 3.63) is 76.4 Å². The van der Waals surface area contributed by atoms with Gasteiger partial charge in [0.05, 0.1) is 11.6 Å². The average Bonchev–Trinajstić information content (AvgIpc) is 3.11. The molecule has 1 aliphatic carbocycles. The van der Waals surface area contributed by atoms with Crippen molar-refractivity contribution in [3.8, 4) is 0 Å². The van der Waals surface area contributed by atoms with Gasteiger partial charge in [0, 0.05) is 11.6 Å². The second kappa shape index (κ2) is 6.31. The third kappa shape index (κ3) is 2.63. The van der Waals surface area contributed by atoms with Crippen molar-refractivity contribution >= 4 is 11.7 Å². The minimum absolute atomic E-state index is 0.159. The number of rotatable bonds is 3. The maximum absolute atomic E-state index is 11.8. The van der Waals surface area contributed by atoms with Crippen LogP contribution in [0.1, 0.15) is 70.8 Å². The highest BCUT2D eigenvalue weighted by Crippen LogP contribution is 2.51. The van der Waals surface area contributed by atoms with Gasteiger partial charge in [-0.2, -0.15) is 0 Å². The zero-order valence-electron chi connectivity index (χ0n) is 15.5. The Bertz CT molecular complexity index is 880. The number of hydrogen-bond donors (Lipinski definition) is 2. The predicted molar refractivity (Wildman–Crippen MR) is 105 cm³/mol. The standard InChI is InChI=1S/C23H25NO2/c1-13(2)15-8-10-16(11-9-15)22-18-6-4-5-17(18)20-19(23(25)26)12-7-14(3)21(20)24-22/h4-5,7-13,17-18,22,24H,6H2,1-3H3,(H,25,26)/t17-,18-,22-/m1/s1. The summed E-state index contributed by atoms with van der Waals surface area (Å²) in [6, 6.07) is 12.7. The number of aromatic carboxylic acids is 1. The summed E-state index contributed by atoms with van der Waals surface area (Å²) in [5.41, 5.74) is 6.09. The summed E-state index contributed by atoms with van der Waals surface area (Å²) in [6.45, 7) is 6.46. The molecule has 0 saturated heterocycles. The van der Waals surface area contributed by atoms with Crippen LogP contribution in [-0.4, -0.2) is 11.1 Å². The molecule has 0 unspecified atom stereocenters. The minimum Gasteiger partial charge on any atom is -0.478 e. The van der Waals surface area contributed by atoms with Gasteiger partial charge in [-0.1, -0.05) is 56.3 Å². The van der Waals surface area contributed by atoms with Crippen molar-refractivity contribution in [2.45, 2.75) is 45.1 Å². The van der Waals surface area contributed by atoms with E-state index in [9.17, 15) is 9.90 Å². The molecule has 134 valence electrons. The van der Waals surface area contributed by atoms with Gasteiger partial charge in [-0.05, 0) is 53.5 Å². The predicted octanol–water partition coefficient (Wildman–Crippen LogP) is 5.64. The lowest BCUT2D eigenvalue weighted by Gasteiger charge is -2.39. The molecule has 0 amide bonds. The molecule has 2 aromatic rings. The lowest BCUT2D eigenvalue weighted by Crippen LogP contribution is -2.31. The first-order valence-electron chi connectivity index (χ1n) is 9.37. The summed E-state index contributed by atoms with van der Waals surface area (Å²) in [5.74, 6) is 0.187. The Labute approximate surface area is 154 Å². The molecule has 0 bridgehead atoms. The van der Waals surface area contributed by atoms with E-state index in [4.69, 9.17) is 0 Å². The Balaban J connectivity index is 1.80. The number of nitrogens with one attached hydrogen (secondary N) is 1. The fraction of sp³-hybridized carbons (Fsp3) is 0.348. The number of carboxylic acid groups (broad SMARTS) is 1. The molecule has 3 atom stereocenters. The molecule has 0 saturated carbocycles. The molecule has 2 aromatic carbocycles. The van der Waals surface area contributed by atoms with E-state index < -0.39 is 5.97 Å². The molecule has 4 rings (SSSR count). The molecular weight excluding hydrogens is 322 g/mol. The van der Waals surface area contributed by atoms with E-state index in [0.717, 1.165) is 23.2 Å². The largest absolute Gasteiger partial charge is 0.478 e. The third-order valence-electron chi connectivity index (χ3n) is 5.92. The molecule has 3 nitrogen and oxygen atoms in total. The van der Waals surface area contributed by atoms with Crippen LogP contribution >= 0.6 is 0 Å². The molecule has 0 radical (unpaired) electrons. The van der Waals surface area contributed by atoms with Crippen molar-refractivity contribution in [2.24, 2.45) is 5.92 Å². The van der Waals surface area contributed by atoms with E-state index in [2.05, 4.69) is 62.5 Å². The van der Waals surface area contributed by atoms with E-state index >= 15 is 0 Å². The molecule has 0 fully saturated rings. The van der Waals surface area contributed by atoms with E-state index in [1.165, 1.54) is 11.1 Å². The first kappa shape index (κ1) is 16.9. The maximum atomic E-state index is 11.8. The van der Waals surface area contributed by atoms with Crippen LogP contribution in [0.5, 0.6) is 0 Å². The Morgan fingerprint density at radius 2 is 1.88 bits per heavy atom. The van der Waals surface area contributed by atoms with Gasteiger partial charge in [-0.25, -0.2) is 4.79 Å². The fourth-order valence-electron chi connectivity index (χ4n) is 4.46. The fourth-order valence-corrected chi connectivity index (χ4v) is 4.46. The normalized spacial score (nSPS) is 23.5. The van der Waals surface area contributed by atoms with Crippen molar-refractivity contribution < 1.29 is 9.90 Å². The van der Waals surface area contributed by atoms with E-state index in [-0.39, 0.29) is 12.0 Å². The van der Waals surface area contributed by atoms with Crippen LogP contribution in [0, 0.1) is 12.8 Å². The number of carboxylic acids is 1. The average molecular weight is 347 g/mol. The van der Waals surface area contributed by atoms with Crippen LogP contribution < -0.4 is 5.32 Å². The smallest absolute Gasteiger partial charge is 0.336 e. The van der Waals surface area contributed by atoms with Gasteiger partial charge in [-0.15, -0.1) is 0 Å². The second-order valence-electron chi connectivity index (χ2n) is 7.82. The van der Waals surface area contributed by atoms with Gasteiger partial charge in [0.15, 0.2) is 0 Å². The van der Waals surface area contributed by atoms with Crippen molar-refractivity contribution in [2.75, 3.05) is 5.32 Å². The van der Waals surface area contributed by atoms with Crippen molar-refractivity contribution in [3.63, 3.8) is 0 Å². The van der Waals surface area contributed by atoms with Gasteiger partial charge in [0.1, 0.15) is 0 Å². The lowest BCUT2D eigenvalue weighted by atomic mass is 9.74. The van der Waals surface area contributed by atoms with Gasteiger partial charge < -0.3 is 10.4 Å². The van der Waals surface area contributed by atoms with Gasteiger partial charge in [-0.3, -0.25) is 0 Å². The first-order valence-corrected chi connectivity index (χ1v) is 9.37. The molecule has 1 heterocycles. The summed E-state index contributed by atoms with van der Waals surface area (Å²) in [5, 5.41) is 13.4. The van der Waals surface area contributed by atoms with Crippen LogP contribution in [0.25, 0.3) is 0 Å². The van der Waals surface area contributed by atoms with Gasteiger partial charge in [0.2, 0.25) is 0 Å². The first-order chi connectivity index (χ1) is 12.5. The molecule has 3 heteroatoms. The summed E-state index contributed by atoms with van der Waals surface area (Å²) in [4.78, 5) is 11.8. The molecule has 0 aromatic heterocycles. The van der Waals surface area contributed by atoms with Crippen molar-refractivity contribution in [1.82, 2.24) is 0 Å². The van der Waals surface area contributed by atoms with Crippen LogP contribution in [0.2, 0.25) is 0 Å². The molecule has 2 N–H and O–H groups in total. The zero-order chi connectivity index (χ0) is 18.4. The van der Waals surface area contributed by atoms with E-state index in [1.807, 2.05) is 6.07 Å². The number of fused-ring (bicyclic) bond motifs is 3. The lowest BCUT2D eigenvalue weighted by molar-refractivity contribution is 0.0695. The van der Waals surface area contributed by atoms with Crippen LogP contribution in [0.15, 0.2) is 48.6 Å².